The number of rotatable bonds is 3. The fourth-order valence-corrected chi connectivity index (χ4v) is 2.25. The van der Waals surface area contributed by atoms with E-state index in [9.17, 15) is 0 Å². The van der Waals surface area contributed by atoms with E-state index in [4.69, 9.17) is 9.47 Å². The van der Waals surface area contributed by atoms with Gasteiger partial charge in [-0.3, -0.25) is 0 Å². The second kappa shape index (κ2) is 4.84. The molecule has 1 fully saturated rings. The predicted octanol–water partition coefficient (Wildman–Crippen LogP) is 0.950. The average molecular weight is 214 g/mol. The van der Waals surface area contributed by atoms with Gasteiger partial charge in [0.2, 0.25) is 0 Å². The molecule has 0 bridgehead atoms. The van der Waals surface area contributed by atoms with Crippen molar-refractivity contribution in [2.45, 2.75) is 12.6 Å². The van der Waals surface area contributed by atoms with Gasteiger partial charge in [-0.25, -0.2) is 4.98 Å². The Morgan fingerprint density at radius 1 is 1.79 bits per heavy atom. The first kappa shape index (κ1) is 10.0. The van der Waals surface area contributed by atoms with Crippen LogP contribution < -0.4 is 5.32 Å². The van der Waals surface area contributed by atoms with Gasteiger partial charge in [-0.05, 0) is 0 Å². The van der Waals surface area contributed by atoms with Crippen molar-refractivity contribution in [3.8, 4) is 0 Å². The second-order valence-corrected chi connectivity index (χ2v) is 4.12. The van der Waals surface area contributed by atoms with E-state index >= 15 is 0 Å². The number of ether oxygens (including phenoxy) is 2. The maximum absolute atomic E-state index is 5.38. The third-order valence-corrected chi connectivity index (χ3v) is 2.96. The van der Waals surface area contributed by atoms with E-state index in [2.05, 4.69) is 15.7 Å². The summed E-state index contributed by atoms with van der Waals surface area (Å²) >= 11 is 1.64. The molecule has 2 rings (SSSR count). The Hall–Kier alpha value is -0.490. The Kier molecular flexibility index (Phi) is 3.47. The molecule has 4 nitrogen and oxygen atoms in total. The zero-order valence-corrected chi connectivity index (χ0v) is 8.97. The normalized spacial score (nSPS) is 22.5. The van der Waals surface area contributed by atoms with Crippen LogP contribution in [0.4, 0.5) is 0 Å². The molecule has 14 heavy (non-hydrogen) atoms. The quantitative estimate of drug-likeness (QED) is 0.813. The Labute approximate surface area is 87.3 Å². The number of thiazole rings is 1. The third-order valence-electron chi connectivity index (χ3n) is 2.12. The summed E-state index contributed by atoms with van der Waals surface area (Å²) in [5.74, 6) is 0. The van der Waals surface area contributed by atoms with Crippen molar-refractivity contribution in [3.05, 3.63) is 16.1 Å². The molecule has 0 amide bonds. The molecular formula is C9H14N2O2S. The topological polar surface area (TPSA) is 43.4 Å². The average Bonchev–Trinajstić information content (AvgIpc) is 2.68. The van der Waals surface area contributed by atoms with Crippen LogP contribution in [0.3, 0.4) is 0 Å². The van der Waals surface area contributed by atoms with E-state index in [1.165, 1.54) is 0 Å². The summed E-state index contributed by atoms with van der Waals surface area (Å²) in [5.41, 5.74) is 1.07. The van der Waals surface area contributed by atoms with Gasteiger partial charge in [0.1, 0.15) is 5.01 Å². The Morgan fingerprint density at radius 3 is 3.43 bits per heavy atom. The molecule has 1 aliphatic rings. The van der Waals surface area contributed by atoms with Crippen LogP contribution in [0.15, 0.2) is 5.38 Å². The maximum atomic E-state index is 5.38. The molecule has 1 aromatic rings. The van der Waals surface area contributed by atoms with Gasteiger partial charge in [0.05, 0.1) is 31.6 Å². The lowest BCUT2D eigenvalue weighted by Crippen LogP contribution is -2.34. The molecule has 0 aromatic carbocycles. The van der Waals surface area contributed by atoms with E-state index in [1.807, 2.05) is 0 Å². The van der Waals surface area contributed by atoms with E-state index in [0.29, 0.717) is 6.61 Å². The van der Waals surface area contributed by atoms with Gasteiger partial charge in [0, 0.05) is 19.0 Å². The third kappa shape index (κ3) is 2.30. The van der Waals surface area contributed by atoms with Crippen molar-refractivity contribution in [1.29, 1.82) is 0 Å². The molecule has 1 aromatic heterocycles. The smallest absolute Gasteiger partial charge is 0.119 e. The summed E-state index contributed by atoms with van der Waals surface area (Å²) in [7, 11) is 1.68. The summed E-state index contributed by atoms with van der Waals surface area (Å²) in [5, 5.41) is 6.46. The van der Waals surface area contributed by atoms with Crippen LogP contribution in [0.2, 0.25) is 0 Å². The van der Waals surface area contributed by atoms with E-state index in [0.717, 1.165) is 30.5 Å². The van der Waals surface area contributed by atoms with Crippen LogP contribution in [0, 0.1) is 0 Å². The van der Waals surface area contributed by atoms with Crippen molar-refractivity contribution in [2.24, 2.45) is 0 Å². The standard InChI is InChI=1S/C9H14N2O2S/c1-12-5-9-11-8(6-14-9)7-4-13-3-2-10-7/h6-7,10H,2-5H2,1H3. The molecular weight excluding hydrogens is 200 g/mol. The lowest BCUT2D eigenvalue weighted by molar-refractivity contribution is 0.0756. The van der Waals surface area contributed by atoms with Gasteiger partial charge < -0.3 is 14.8 Å². The zero-order valence-electron chi connectivity index (χ0n) is 8.16. The molecule has 2 heterocycles. The number of aromatic nitrogens is 1. The molecule has 1 aliphatic heterocycles. The maximum Gasteiger partial charge on any atom is 0.119 e. The Balaban J connectivity index is 2.00. The van der Waals surface area contributed by atoms with E-state index in [-0.39, 0.29) is 6.04 Å². The van der Waals surface area contributed by atoms with Crippen LogP contribution in [-0.2, 0) is 16.1 Å². The van der Waals surface area contributed by atoms with Crippen LogP contribution in [0.1, 0.15) is 16.7 Å². The van der Waals surface area contributed by atoms with Crippen LogP contribution in [0.5, 0.6) is 0 Å². The van der Waals surface area contributed by atoms with Crippen molar-refractivity contribution < 1.29 is 9.47 Å². The van der Waals surface area contributed by atoms with Crippen LogP contribution in [-0.4, -0.2) is 31.9 Å². The number of methoxy groups -OCH3 is 1. The summed E-state index contributed by atoms with van der Waals surface area (Å²) in [4.78, 5) is 4.47. The summed E-state index contributed by atoms with van der Waals surface area (Å²) in [6, 6.07) is 0.255. The van der Waals surface area contributed by atoms with Gasteiger partial charge >= 0.3 is 0 Å². The number of nitrogens with zero attached hydrogens (tertiary/aromatic N) is 1. The Morgan fingerprint density at radius 2 is 2.71 bits per heavy atom. The van der Waals surface area contributed by atoms with Crippen LogP contribution >= 0.6 is 11.3 Å². The van der Waals surface area contributed by atoms with E-state index < -0.39 is 0 Å². The largest absolute Gasteiger partial charge is 0.378 e. The molecule has 0 radical (unpaired) electrons. The number of hydrogen-bond acceptors (Lipinski definition) is 5. The second-order valence-electron chi connectivity index (χ2n) is 3.18. The van der Waals surface area contributed by atoms with Crippen molar-refractivity contribution in [3.63, 3.8) is 0 Å². The highest BCUT2D eigenvalue weighted by atomic mass is 32.1. The number of morpholine rings is 1. The predicted molar refractivity (Wildman–Crippen MR) is 54.4 cm³/mol. The first-order chi connectivity index (χ1) is 6.90. The molecule has 1 N–H and O–H groups in total. The molecule has 0 spiro atoms. The first-order valence-corrected chi connectivity index (χ1v) is 5.52. The van der Waals surface area contributed by atoms with Gasteiger partial charge in [-0.1, -0.05) is 0 Å². The van der Waals surface area contributed by atoms with Gasteiger partial charge in [-0.2, -0.15) is 0 Å². The Bertz CT molecular complexity index is 284. The minimum absolute atomic E-state index is 0.255. The van der Waals surface area contributed by atoms with Crippen molar-refractivity contribution >= 4 is 11.3 Å². The molecule has 0 saturated carbocycles. The summed E-state index contributed by atoms with van der Waals surface area (Å²) < 4.78 is 10.4. The number of hydrogen-bond donors (Lipinski definition) is 1. The molecule has 0 aliphatic carbocycles. The molecule has 5 heteroatoms. The minimum Gasteiger partial charge on any atom is -0.378 e. The fourth-order valence-electron chi connectivity index (χ4n) is 1.43. The molecule has 1 saturated heterocycles. The lowest BCUT2D eigenvalue weighted by atomic mass is 10.2. The lowest BCUT2D eigenvalue weighted by Gasteiger charge is -2.21. The number of nitrogens with one attached hydrogen (secondary N) is 1. The minimum atomic E-state index is 0.255. The van der Waals surface area contributed by atoms with Crippen molar-refractivity contribution in [2.75, 3.05) is 26.9 Å². The molecule has 1 unspecified atom stereocenters. The highest BCUT2D eigenvalue weighted by Gasteiger charge is 2.17. The van der Waals surface area contributed by atoms with Gasteiger partial charge in [-0.15, -0.1) is 11.3 Å². The summed E-state index contributed by atoms with van der Waals surface area (Å²) in [6.07, 6.45) is 0. The summed E-state index contributed by atoms with van der Waals surface area (Å²) in [6.45, 7) is 3.02. The molecule has 1 atom stereocenters. The monoisotopic (exact) mass is 214 g/mol. The molecule has 78 valence electrons. The highest BCUT2D eigenvalue weighted by Crippen LogP contribution is 2.19. The highest BCUT2D eigenvalue weighted by molar-refractivity contribution is 7.09. The van der Waals surface area contributed by atoms with Crippen LogP contribution in [0.25, 0.3) is 0 Å². The van der Waals surface area contributed by atoms with Gasteiger partial charge in [0.25, 0.3) is 0 Å². The first-order valence-electron chi connectivity index (χ1n) is 4.64. The van der Waals surface area contributed by atoms with Crippen molar-refractivity contribution in [1.82, 2.24) is 10.3 Å². The van der Waals surface area contributed by atoms with E-state index in [1.54, 1.807) is 18.4 Å². The zero-order chi connectivity index (χ0) is 9.80. The fraction of sp³-hybridized carbons (Fsp3) is 0.667. The van der Waals surface area contributed by atoms with Gasteiger partial charge in [0.15, 0.2) is 0 Å². The SMILES string of the molecule is COCc1nc(C2COCCN2)cs1.